The number of para-hydroxylation sites is 2. The fourth-order valence-corrected chi connectivity index (χ4v) is 7.89. The molecule has 0 saturated heterocycles. The van der Waals surface area contributed by atoms with Gasteiger partial charge in [-0.1, -0.05) is 133 Å². The lowest BCUT2D eigenvalue weighted by atomic mass is 9.86. The van der Waals surface area contributed by atoms with Crippen LogP contribution < -0.4 is 0 Å². The van der Waals surface area contributed by atoms with Crippen molar-refractivity contribution in [2.75, 3.05) is 0 Å². The molecule has 10 aromatic rings. The number of hydrogen-bond donors (Lipinski definition) is 0. The van der Waals surface area contributed by atoms with Crippen LogP contribution in [0.25, 0.3) is 87.9 Å². The first-order chi connectivity index (χ1) is 23.8. The van der Waals surface area contributed by atoms with Gasteiger partial charge in [-0.15, -0.1) is 0 Å². The Morgan fingerprint density at radius 1 is 0.292 bits per heavy atom. The van der Waals surface area contributed by atoms with E-state index in [0.29, 0.717) is 0 Å². The second kappa shape index (κ2) is 10.6. The highest BCUT2D eigenvalue weighted by Crippen LogP contribution is 2.44. The quantitative estimate of drug-likeness (QED) is 0.175. The van der Waals surface area contributed by atoms with Gasteiger partial charge in [0.1, 0.15) is 0 Å². The van der Waals surface area contributed by atoms with Crippen LogP contribution in [0, 0.1) is 0 Å². The molecule has 0 aliphatic carbocycles. The third kappa shape index (κ3) is 3.93. The van der Waals surface area contributed by atoms with Crippen LogP contribution in [0.1, 0.15) is 0 Å². The molecule has 0 atom stereocenters. The Bertz CT molecular complexity index is 2750. The van der Waals surface area contributed by atoms with E-state index >= 15 is 0 Å². The van der Waals surface area contributed by atoms with E-state index < -0.39 is 0 Å². The monoisotopic (exact) mass is 610 g/mol. The average Bonchev–Trinajstić information content (AvgIpc) is 3.74. The summed E-state index contributed by atoms with van der Waals surface area (Å²) in [7, 11) is 0. The molecule has 0 fully saturated rings. The van der Waals surface area contributed by atoms with Gasteiger partial charge in [-0.3, -0.25) is 0 Å². The Morgan fingerprint density at radius 3 is 1.44 bits per heavy atom. The number of hydrogen-bond acceptors (Lipinski definition) is 0. The van der Waals surface area contributed by atoms with E-state index in [-0.39, 0.29) is 0 Å². The van der Waals surface area contributed by atoms with Crippen molar-refractivity contribution in [3.63, 3.8) is 0 Å². The minimum absolute atomic E-state index is 1.14. The second-order valence-corrected chi connectivity index (χ2v) is 12.5. The zero-order valence-corrected chi connectivity index (χ0v) is 26.2. The van der Waals surface area contributed by atoms with Crippen LogP contribution in [0.4, 0.5) is 0 Å². The van der Waals surface area contributed by atoms with Crippen molar-refractivity contribution in [2.45, 2.75) is 0 Å². The molecular weight excluding hydrogens is 581 g/mol. The third-order valence-corrected chi connectivity index (χ3v) is 9.95. The van der Waals surface area contributed by atoms with Gasteiger partial charge in [0.05, 0.1) is 16.6 Å². The minimum Gasteiger partial charge on any atom is -0.316 e. The van der Waals surface area contributed by atoms with Crippen molar-refractivity contribution < 1.29 is 0 Å². The molecule has 0 radical (unpaired) electrons. The smallest absolute Gasteiger partial charge is 0.0635 e. The predicted molar refractivity (Wildman–Crippen MR) is 203 cm³/mol. The standard InChI is InChI=1S/C46H30N2/c1-3-13-31(14-4-1)44-36-18-7-9-20-38(36)45(39-21-10-8-19-37(39)44)32-23-25-33(26-24-32)47-30-29-41-42(47)28-27-40-35-17-11-12-22-43(35)48(46(40)41)34-15-5-2-6-16-34/h1-30H. The molecule has 2 aromatic heterocycles. The van der Waals surface area contributed by atoms with E-state index in [2.05, 4.69) is 191 Å². The Morgan fingerprint density at radius 2 is 0.812 bits per heavy atom. The molecule has 10 rings (SSSR count). The Labute approximate surface area is 278 Å². The molecule has 0 saturated carbocycles. The van der Waals surface area contributed by atoms with Crippen LogP contribution in [-0.2, 0) is 0 Å². The van der Waals surface area contributed by atoms with Crippen LogP contribution in [0.3, 0.4) is 0 Å². The zero-order valence-electron chi connectivity index (χ0n) is 26.2. The van der Waals surface area contributed by atoms with Crippen molar-refractivity contribution in [1.82, 2.24) is 9.13 Å². The Kier molecular flexibility index (Phi) is 5.91. The maximum Gasteiger partial charge on any atom is 0.0635 e. The van der Waals surface area contributed by atoms with Gasteiger partial charge >= 0.3 is 0 Å². The first kappa shape index (κ1) is 26.8. The fourth-order valence-electron chi connectivity index (χ4n) is 7.89. The van der Waals surface area contributed by atoms with Gasteiger partial charge in [-0.2, -0.15) is 0 Å². The summed E-state index contributed by atoms with van der Waals surface area (Å²) in [5.41, 5.74) is 11.0. The molecule has 0 bridgehead atoms. The van der Waals surface area contributed by atoms with Crippen molar-refractivity contribution >= 4 is 54.3 Å². The number of fused-ring (bicyclic) bond motifs is 7. The minimum atomic E-state index is 1.14. The zero-order chi connectivity index (χ0) is 31.6. The molecule has 0 unspecified atom stereocenters. The molecule has 48 heavy (non-hydrogen) atoms. The Balaban J connectivity index is 1.16. The second-order valence-electron chi connectivity index (χ2n) is 12.5. The number of nitrogens with zero attached hydrogens (tertiary/aromatic N) is 2. The predicted octanol–water partition coefficient (Wildman–Crippen LogP) is 12.4. The van der Waals surface area contributed by atoms with Crippen molar-refractivity contribution in [3.8, 4) is 33.6 Å². The lowest BCUT2D eigenvalue weighted by Crippen LogP contribution is -1.95. The van der Waals surface area contributed by atoms with Gasteiger partial charge < -0.3 is 9.13 Å². The molecule has 2 heterocycles. The topological polar surface area (TPSA) is 9.86 Å². The molecule has 0 aliphatic heterocycles. The first-order valence-electron chi connectivity index (χ1n) is 16.5. The molecule has 2 heteroatoms. The first-order valence-corrected chi connectivity index (χ1v) is 16.5. The largest absolute Gasteiger partial charge is 0.316 e. The highest BCUT2D eigenvalue weighted by atomic mass is 15.0. The molecule has 0 amide bonds. The summed E-state index contributed by atoms with van der Waals surface area (Å²) in [4.78, 5) is 0. The van der Waals surface area contributed by atoms with Gasteiger partial charge in [-0.25, -0.2) is 0 Å². The maximum atomic E-state index is 2.41. The molecule has 0 aliphatic rings. The Hall–Kier alpha value is -6.38. The van der Waals surface area contributed by atoms with E-state index in [4.69, 9.17) is 0 Å². The van der Waals surface area contributed by atoms with E-state index in [9.17, 15) is 0 Å². The molecule has 0 spiro atoms. The van der Waals surface area contributed by atoms with Crippen LogP contribution in [0.2, 0.25) is 0 Å². The fraction of sp³-hybridized carbons (Fsp3) is 0. The average molecular weight is 611 g/mol. The summed E-state index contributed by atoms with van der Waals surface area (Å²) >= 11 is 0. The number of rotatable bonds is 4. The van der Waals surface area contributed by atoms with Crippen LogP contribution in [-0.4, -0.2) is 9.13 Å². The highest BCUT2D eigenvalue weighted by Gasteiger charge is 2.18. The molecule has 2 nitrogen and oxygen atoms in total. The molecule has 0 N–H and O–H groups in total. The maximum absolute atomic E-state index is 2.41. The number of benzene rings is 8. The van der Waals surface area contributed by atoms with Gasteiger partial charge in [0.15, 0.2) is 0 Å². The lowest BCUT2D eigenvalue weighted by molar-refractivity contribution is 1.13. The summed E-state index contributed by atoms with van der Waals surface area (Å²) < 4.78 is 4.73. The number of aromatic nitrogens is 2. The van der Waals surface area contributed by atoms with Crippen molar-refractivity contribution in [2.24, 2.45) is 0 Å². The van der Waals surface area contributed by atoms with Gasteiger partial charge in [0.2, 0.25) is 0 Å². The van der Waals surface area contributed by atoms with Crippen LogP contribution in [0.15, 0.2) is 182 Å². The normalized spacial score (nSPS) is 11.8. The summed E-state index contributed by atoms with van der Waals surface area (Å²) in [6.45, 7) is 0. The third-order valence-electron chi connectivity index (χ3n) is 9.95. The van der Waals surface area contributed by atoms with Gasteiger partial charge in [0, 0.05) is 33.7 Å². The summed E-state index contributed by atoms with van der Waals surface area (Å²) in [5, 5.41) is 8.87. The van der Waals surface area contributed by atoms with E-state index in [1.807, 2.05) is 0 Å². The SMILES string of the molecule is c1ccc(-c2c3ccccc3c(-c3ccc(-n4ccc5c4ccc4c6ccccc6n(-c6ccccc6)c45)cc3)c3ccccc23)cc1. The van der Waals surface area contributed by atoms with Gasteiger partial charge in [-0.05, 0) is 86.3 Å². The van der Waals surface area contributed by atoms with E-state index in [1.54, 1.807) is 0 Å². The summed E-state index contributed by atoms with van der Waals surface area (Å²) in [6, 6.07) is 63.9. The molecular formula is C46H30N2. The summed E-state index contributed by atoms with van der Waals surface area (Å²) in [5.74, 6) is 0. The van der Waals surface area contributed by atoms with E-state index in [1.165, 1.54) is 82.2 Å². The molecule has 224 valence electrons. The van der Waals surface area contributed by atoms with E-state index in [0.717, 1.165) is 5.69 Å². The van der Waals surface area contributed by atoms with Crippen LogP contribution in [0.5, 0.6) is 0 Å². The van der Waals surface area contributed by atoms with Crippen molar-refractivity contribution in [3.05, 3.63) is 182 Å². The summed E-state index contributed by atoms with van der Waals surface area (Å²) in [6.07, 6.45) is 2.21. The van der Waals surface area contributed by atoms with Gasteiger partial charge in [0.25, 0.3) is 0 Å². The lowest BCUT2D eigenvalue weighted by Gasteiger charge is -2.18. The van der Waals surface area contributed by atoms with Crippen molar-refractivity contribution in [1.29, 1.82) is 0 Å². The highest BCUT2D eigenvalue weighted by molar-refractivity contribution is 6.21. The molecule has 8 aromatic carbocycles. The van der Waals surface area contributed by atoms with Crippen LogP contribution >= 0.6 is 0 Å².